The van der Waals surface area contributed by atoms with Crippen LogP contribution in [0.15, 0.2) is 36.4 Å². The molecule has 0 aliphatic rings. The predicted molar refractivity (Wildman–Crippen MR) is 134 cm³/mol. The number of carbonyl (C=O) groups is 3. The number of aliphatic hydroxyl groups excluding tert-OH is 1. The molecule has 0 bridgehead atoms. The van der Waals surface area contributed by atoms with Gasteiger partial charge in [0.2, 0.25) is 18.0 Å². The molecule has 18 nitrogen and oxygen atoms in total. The molecule has 3 atom stereocenters. The summed E-state index contributed by atoms with van der Waals surface area (Å²) < 4.78 is 0. The van der Waals surface area contributed by atoms with E-state index in [1.54, 1.807) is 5.32 Å². The number of benzene rings is 2. The van der Waals surface area contributed by atoms with Crippen molar-refractivity contribution < 1.29 is 44.5 Å². The first-order valence-electron chi connectivity index (χ1n) is 11.3. The van der Waals surface area contributed by atoms with Crippen LogP contribution in [0.3, 0.4) is 0 Å². The van der Waals surface area contributed by atoms with E-state index < -0.39 is 79.5 Å². The SMILES string of the molecule is CC(C)C(NC(=O)C(Cc1ccc(O)cc1)Nc1c([N+](=O)[O-])cc([N+](=O)[O-])cc1[N+](=O)[O-])C(=O)NC(O)C(=O)O. The van der Waals surface area contributed by atoms with E-state index in [4.69, 9.17) is 5.11 Å². The van der Waals surface area contributed by atoms with Crippen molar-refractivity contribution in [2.45, 2.75) is 38.6 Å². The average molecular weight is 564 g/mol. The molecule has 0 radical (unpaired) electrons. The molecule has 0 saturated carbocycles. The number of rotatable bonds is 13. The van der Waals surface area contributed by atoms with Crippen molar-refractivity contribution in [2.75, 3.05) is 5.32 Å². The summed E-state index contributed by atoms with van der Waals surface area (Å²) in [6.07, 6.45) is -2.61. The van der Waals surface area contributed by atoms with Crippen LogP contribution in [-0.4, -0.2) is 66.2 Å². The van der Waals surface area contributed by atoms with E-state index in [0.717, 1.165) is 0 Å². The fraction of sp³-hybridized carbons (Fsp3) is 0.318. The number of non-ortho nitro benzene ring substituents is 1. The largest absolute Gasteiger partial charge is 0.508 e. The van der Waals surface area contributed by atoms with Crippen molar-refractivity contribution in [1.29, 1.82) is 0 Å². The van der Waals surface area contributed by atoms with E-state index in [2.05, 4.69) is 10.6 Å². The average Bonchev–Trinajstić information content (AvgIpc) is 2.86. The maximum atomic E-state index is 13.4. The Morgan fingerprint density at radius 2 is 1.40 bits per heavy atom. The van der Waals surface area contributed by atoms with Crippen LogP contribution in [0.2, 0.25) is 0 Å². The number of phenols is 1. The fourth-order valence-corrected chi connectivity index (χ4v) is 3.46. The highest BCUT2D eigenvalue weighted by atomic mass is 16.6. The molecule has 0 heterocycles. The highest BCUT2D eigenvalue weighted by molar-refractivity contribution is 5.93. The summed E-state index contributed by atoms with van der Waals surface area (Å²) in [5.41, 5.74) is -3.58. The summed E-state index contributed by atoms with van der Waals surface area (Å²) in [6, 6.07) is 3.22. The minimum Gasteiger partial charge on any atom is -0.508 e. The zero-order valence-corrected chi connectivity index (χ0v) is 20.8. The number of aliphatic carboxylic acids is 1. The Morgan fingerprint density at radius 1 is 0.875 bits per heavy atom. The molecular weight excluding hydrogens is 540 g/mol. The molecule has 2 amide bonds. The molecule has 6 N–H and O–H groups in total. The van der Waals surface area contributed by atoms with Crippen LogP contribution >= 0.6 is 0 Å². The third kappa shape index (κ3) is 7.81. The molecule has 0 aromatic heterocycles. The number of carboxylic acid groups (broad SMARTS) is 1. The number of hydrogen-bond donors (Lipinski definition) is 6. The fourth-order valence-electron chi connectivity index (χ4n) is 3.46. The lowest BCUT2D eigenvalue weighted by Crippen LogP contribution is -2.56. The zero-order valence-electron chi connectivity index (χ0n) is 20.8. The van der Waals surface area contributed by atoms with E-state index in [-0.39, 0.29) is 12.2 Å². The Bertz CT molecular complexity index is 1300. The number of nitro groups is 3. The van der Waals surface area contributed by atoms with Crippen molar-refractivity contribution in [3.05, 3.63) is 72.3 Å². The van der Waals surface area contributed by atoms with Gasteiger partial charge in [0.15, 0.2) is 5.69 Å². The molecule has 0 spiro atoms. The number of carbonyl (C=O) groups excluding carboxylic acids is 2. The summed E-state index contributed by atoms with van der Waals surface area (Å²) in [6.45, 7) is 2.96. The Balaban J connectivity index is 2.57. The summed E-state index contributed by atoms with van der Waals surface area (Å²) in [4.78, 5) is 68.1. The van der Waals surface area contributed by atoms with Crippen molar-refractivity contribution in [3.63, 3.8) is 0 Å². The number of hydrogen-bond acceptors (Lipinski definition) is 12. The van der Waals surface area contributed by atoms with Gasteiger partial charge in [-0.25, -0.2) is 4.79 Å². The van der Waals surface area contributed by atoms with Crippen LogP contribution in [0.1, 0.15) is 19.4 Å². The molecule has 214 valence electrons. The lowest BCUT2D eigenvalue weighted by atomic mass is 10.0. The number of anilines is 1. The van der Waals surface area contributed by atoms with Crippen LogP contribution in [-0.2, 0) is 20.8 Å². The highest BCUT2D eigenvalue weighted by Gasteiger charge is 2.35. The Hall–Kier alpha value is -5.39. The minimum atomic E-state index is -2.29. The monoisotopic (exact) mass is 564 g/mol. The summed E-state index contributed by atoms with van der Waals surface area (Å²) >= 11 is 0. The smallest absolute Gasteiger partial charge is 0.353 e. The molecule has 2 aromatic carbocycles. The number of aliphatic hydroxyl groups is 1. The van der Waals surface area contributed by atoms with E-state index in [9.17, 15) is 54.9 Å². The number of carboxylic acids is 1. The van der Waals surface area contributed by atoms with Gasteiger partial charge >= 0.3 is 17.3 Å². The van der Waals surface area contributed by atoms with E-state index in [1.807, 2.05) is 0 Å². The maximum Gasteiger partial charge on any atom is 0.353 e. The topological polar surface area (TPSA) is 277 Å². The van der Waals surface area contributed by atoms with Gasteiger partial charge in [-0.2, -0.15) is 0 Å². The second-order valence-corrected chi connectivity index (χ2v) is 8.68. The van der Waals surface area contributed by atoms with E-state index in [0.29, 0.717) is 17.7 Å². The van der Waals surface area contributed by atoms with Crippen LogP contribution in [0.5, 0.6) is 5.75 Å². The number of amides is 2. The molecule has 0 fully saturated rings. The molecule has 2 rings (SSSR count). The first-order chi connectivity index (χ1) is 18.6. The third-order valence-electron chi connectivity index (χ3n) is 5.46. The molecule has 40 heavy (non-hydrogen) atoms. The molecule has 0 aliphatic carbocycles. The standard InChI is InChI=1S/C22H24N6O12/c1-10(2)17(20(31)25-21(32)22(33)34)24-19(30)14(7-11-3-5-13(29)6-4-11)23-18-15(27(37)38)8-12(26(35)36)9-16(18)28(39)40/h3-6,8-10,14,17,21,23,29,32H,7H2,1-2H3,(H,24,30)(H,25,31)(H,33,34). The number of nitrogens with zero attached hydrogens (tertiary/aromatic N) is 3. The predicted octanol–water partition coefficient (Wildman–Crippen LogP) is 0.800. The van der Waals surface area contributed by atoms with Crippen LogP contribution in [0, 0.1) is 36.3 Å². The highest BCUT2D eigenvalue weighted by Crippen LogP contribution is 2.39. The van der Waals surface area contributed by atoms with Crippen molar-refractivity contribution in [2.24, 2.45) is 5.92 Å². The molecule has 0 aliphatic heterocycles. The Morgan fingerprint density at radius 3 is 1.82 bits per heavy atom. The van der Waals surface area contributed by atoms with Crippen molar-refractivity contribution >= 4 is 40.5 Å². The number of aromatic hydroxyl groups is 1. The lowest BCUT2D eigenvalue weighted by molar-refractivity contribution is -0.401. The molecule has 0 saturated heterocycles. The quantitative estimate of drug-likeness (QED) is 0.112. The van der Waals surface area contributed by atoms with Crippen LogP contribution in [0.25, 0.3) is 0 Å². The van der Waals surface area contributed by atoms with Gasteiger partial charge in [0.25, 0.3) is 5.69 Å². The van der Waals surface area contributed by atoms with Crippen LogP contribution < -0.4 is 16.0 Å². The first kappa shape index (κ1) is 30.8. The summed E-state index contributed by atoms with van der Waals surface area (Å²) in [5.74, 6) is -4.70. The van der Waals surface area contributed by atoms with Gasteiger partial charge in [-0.05, 0) is 23.6 Å². The van der Waals surface area contributed by atoms with Gasteiger partial charge in [-0.15, -0.1) is 0 Å². The van der Waals surface area contributed by atoms with E-state index in [1.165, 1.54) is 38.1 Å². The van der Waals surface area contributed by atoms with Crippen molar-refractivity contribution in [1.82, 2.24) is 10.6 Å². The molecular formula is C22H24N6O12. The van der Waals surface area contributed by atoms with Gasteiger partial charge in [-0.3, -0.25) is 39.9 Å². The second-order valence-electron chi connectivity index (χ2n) is 8.68. The van der Waals surface area contributed by atoms with E-state index >= 15 is 0 Å². The van der Waals surface area contributed by atoms with Gasteiger partial charge in [0.05, 0.1) is 26.9 Å². The minimum absolute atomic E-state index is 0.132. The number of nitro benzene ring substituents is 3. The number of nitrogens with one attached hydrogen (secondary N) is 3. The summed E-state index contributed by atoms with van der Waals surface area (Å²) in [5, 5.41) is 68.9. The first-order valence-corrected chi connectivity index (χ1v) is 11.3. The molecule has 3 unspecified atom stereocenters. The Labute approximate surface area is 224 Å². The summed E-state index contributed by atoms with van der Waals surface area (Å²) in [7, 11) is 0. The normalized spacial score (nSPS) is 13.0. The molecule has 2 aromatic rings. The zero-order chi connectivity index (χ0) is 30.3. The van der Waals surface area contributed by atoms with Gasteiger partial charge in [0, 0.05) is 6.42 Å². The number of phenolic OH excluding ortho intramolecular Hbond substituents is 1. The van der Waals surface area contributed by atoms with Gasteiger partial charge in [-0.1, -0.05) is 26.0 Å². The Kier molecular flexibility index (Phi) is 9.95. The second kappa shape index (κ2) is 12.9. The maximum absolute atomic E-state index is 13.4. The third-order valence-corrected chi connectivity index (χ3v) is 5.46. The van der Waals surface area contributed by atoms with Crippen molar-refractivity contribution in [3.8, 4) is 5.75 Å². The van der Waals surface area contributed by atoms with Gasteiger partial charge in [0.1, 0.15) is 17.8 Å². The van der Waals surface area contributed by atoms with Crippen LogP contribution in [0.4, 0.5) is 22.7 Å². The molecule has 18 heteroatoms. The lowest BCUT2D eigenvalue weighted by Gasteiger charge is -2.26. The van der Waals surface area contributed by atoms with Gasteiger partial charge < -0.3 is 31.3 Å².